The van der Waals surface area contributed by atoms with Crippen molar-refractivity contribution in [2.75, 3.05) is 33.3 Å². The Kier molecular flexibility index (Phi) is 13.1. The zero-order valence-electron chi connectivity index (χ0n) is 36.7. The number of methoxy groups -OCH3 is 1. The van der Waals surface area contributed by atoms with Gasteiger partial charge in [0, 0.05) is 71.7 Å². The van der Waals surface area contributed by atoms with Gasteiger partial charge in [0.1, 0.15) is 36.5 Å². The van der Waals surface area contributed by atoms with Crippen LogP contribution in [0.4, 0.5) is 0 Å². The number of carboxylic acid groups (broad SMARTS) is 2. The number of pyridine rings is 1. The molecule has 336 valence electrons. The maximum Gasteiger partial charge on any atom is 0.310 e. The Labute approximate surface area is 387 Å². The lowest BCUT2D eigenvalue weighted by atomic mass is 9.90. The van der Waals surface area contributed by atoms with Gasteiger partial charge in [0.2, 0.25) is 0 Å². The highest BCUT2D eigenvalue weighted by Crippen LogP contribution is 2.39. The summed E-state index contributed by atoms with van der Waals surface area (Å²) >= 11 is 13.8. The fourth-order valence-electron chi connectivity index (χ4n) is 8.93. The van der Waals surface area contributed by atoms with E-state index in [0.29, 0.717) is 91.5 Å². The van der Waals surface area contributed by atoms with Crippen molar-refractivity contribution < 1.29 is 34.0 Å². The number of ether oxygens (including phenoxy) is 3. The van der Waals surface area contributed by atoms with Crippen molar-refractivity contribution in [3.63, 3.8) is 0 Å². The third kappa shape index (κ3) is 9.63. The number of carboxylic acids is 2. The van der Waals surface area contributed by atoms with Gasteiger partial charge in [0.25, 0.3) is 0 Å². The number of nitriles is 1. The Balaban J connectivity index is 1.02. The standard InChI is InChI=1S/C50H50Cl2N6O7/c1-31-34(28-65-46-19-44(63-4)36(17-42(46)52)24-56-13-11-49(2,29-56)47(59)60)7-5-8-38(31)39-9-6-10-43-40(39)23-55-58(43)26-35-18-45(64-27-33-15-32(20-53)21-54-22-33)37(16-41(35)51)25-57-14-12-50(3,30-57)48(61)62/h5-10,15-19,21-23H,11-14,24-30H2,1-4H3,(H,59,60)(H,61,62). The van der Waals surface area contributed by atoms with Gasteiger partial charge in [-0.3, -0.25) is 29.1 Å². The van der Waals surface area contributed by atoms with Gasteiger partial charge >= 0.3 is 11.9 Å². The highest BCUT2D eigenvalue weighted by molar-refractivity contribution is 6.32. The number of fused-ring (bicyclic) bond motifs is 1. The minimum absolute atomic E-state index is 0.171. The van der Waals surface area contributed by atoms with Crippen LogP contribution >= 0.6 is 23.2 Å². The minimum atomic E-state index is -0.830. The van der Waals surface area contributed by atoms with Crippen molar-refractivity contribution in [1.82, 2.24) is 24.6 Å². The number of aromatic nitrogens is 3. The fraction of sp³-hybridized carbons (Fsp3) is 0.340. The molecule has 0 spiro atoms. The Morgan fingerprint density at radius 1 is 0.754 bits per heavy atom. The third-order valence-electron chi connectivity index (χ3n) is 12.9. The number of likely N-dealkylation sites (tertiary alicyclic amines) is 2. The van der Waals surface area contributed by atoms with Crippen LogP contribution in [0.2, 0.25) is 10.0 Å². The molecule has 8 rings (SSSR count). The van der Waals surface area contributed by atoms with E-state index in [0.717, 1.165) is 55.4 Å². The molecule has 2 unspecified atom stereocenters. The molecule has 4 heterocycles. The second kappa shape index (κ2) is 18.7. The Morgan fingerprint density at radius 3 is 2.06 bits per heavy atom. The van der Waals surface area contributed by atoms with Gasteiger partial charge < -0.3 is 24.4 Å². The zero-order chi connectivity index (χ0) is 46.0. The first-order valence-electron chi connectivity index (χ1n) is 21.4. The smallest absolute Gasteiger partial charge is 0.310 e. The van der Waals surface area contributed by atoms with Crippen LogP contribution < -0.4 is 14.2 Å². The lowest BCUT2D eigenvalue weighted by Crippen LogP contribution is -2.31. The predicted octanol–water partition coefficient (Wildman–Crippen LogP) is 9.39. The summed E-state index contributed by atoms with van der Waals surface area (Å²) in [6.07, 6.45) is 6.16. The van der Waals surface area contributed by atoms with E-state index in [1.165, 1.54) is 6.20 Å². The molecule has 4 aromatic carbocycles. The first kappa shape index (κ1) is 45.4. The number of aliphatic carboxylic acids is 2. The van der Waals surface area contributed by atoms with Gasteiger partial charge in [-0.1, -0.05) is 53.5 Å². The molecule has 2 aliphatic rings. The summed E-state index contributed by atoms with van der Waals surface area (Å²) in [6, 6.07) is 23.6. The monoisotopic (exact) mass is 916 g/mol. The molecule has 2 atom stereocenters. The largest absolute Gasteiger partial charge is 0.496 e. The van der Waals surface area contributed by atoms with Gasteiger partial charge in [0.05, 0.1) is 46.8 Å². The molecule has 13 nitrogen and oxygen atoms in total. The molecule has 0 radical (unpaired) electrons. The molecule has 6 aromatic rings. The first-order chi connectivity index (χ1) is 31.2. The van der Waals surface area contributed by atoms with E-state index >= 15 is 0 Å². The first-order valence-corrected chi connectivity index (χ1v) is 22.1. The number of benzene rings is 4. The van der Waals surface area contributed by atoms with E-state index in [9.17, 15) is 25.1 Å². The molecule has 0 saturated carbocycles. The van der Waals surface area contributed by atoms with Crippen molar-refractivity contribution in [2.24, 2.45) is 10.8 Å². The summed E-state index contributed by atoms with van der Waals surface area (Å²) in [4.78, 5) is 32.2. The van der Waals surface area contributed by atoms with Crippen molar-refractivity contribution >= 4 is 46.0 Å². The molecule has 0 bridgehead atoms. The topological polar surface area (TPSA) is 163 Å². The lowest BCUT2D eigenvalue weighted by Gasteiger charge is -2.22. The molecule has 0 amide bonds. The minimum Gasteiger partial charge on any atom is -0.496 e. The van der Waals surface area contributed by atoms with Gasteiger partial charge in [-0.15, -0.1) is 0 Å². The summed E-state index contributed by atoms with van der Waals surface area (Å²) in [5.41, 5.74) is 7.02. The summed E-state index contributed by atoms with van der Waals surface area (Å²) < 4.78 is 20.4. The summed E-state index contributed by atoms with van der Waals surface area (Å²) in [5.74, 6) is 0.111. The molecule has 2 aromatic heterocycles. The molecular formula is C50H50Cl2N6O7. The Bertz CT molecular complexity index is 2840. The summed E-state index contributed by atoms with van der Waals surface area (Å²) in [7, 11) is 1.60. The lowest BCUT2D eigenvalue weighted by molar-refractivity contribution is -0.148. The molecule has 65 heavy (non-hydrogen) atoms. The Morgan fingerprint density at radius 2 is 1.40 bits per heavy atom. The highest BCUT2D eigenvalue weighted by atomic mass is 35.5. The van der Waals surface area contributed by atoms with Crippen molar-refractivity contribution in [1.29, 1.82) is 5.26 Å². The van der Waals surface area contributed by atoms with Gasteiger partial charge in [-0.05, 0) is 105 Å². The normalized spacial score (nSPS) is 18.8. The average molecular weight is 918 g/mol. The van der Waals surface area contributed by atoms with Crippen LogP contribution in [0.1, 0.15) is 65.6 Å². The molecular weight excluding hydrogens is 867 g/mol. The van der Waals surface area contributed by atoms with E-state index in [4.69, 9.17) is 42.5 Å². The number of carbonyl (C=O) groups is 2. The maximum atomic E-state index is 12.0. The molecule has 0 aliphatic carbocycles. The van der Waals surface area contributed by atoms with Crippen LogP contribution in [-0.4, -0.2) is 80.0 Å². The van der Waals surface area contributed by atoms with Crippen LogP contribution in [0.3, 0.4) is 0 Å². The molecule has 2 N–H and O–H groups in total. The maximum absolute atomic E-state index is 12.0. The Hall–Kier alpha value is -6.17. The number of halogens is 2. The number of hydrogen-bond donors (Lipinski definition) is 2. The van der Waals surface area contributed by atoms with Crippen LogP contribution in [0.5, 0.6) is 17.2 Å². The van der Waals surface area contributed by atoms with Gasteiger partial charge in [0.15, 0.2) is 0 Å². The summed E-state index contributed by atoms with van der Waals surface area (Å²) in [6.45, 7) is 9.53. The number of hydrogen-bond acceptors (Lipinski definition) is 10. The highest BCUT2D eigenvalue weighted by Gasteiger charge is 2.41. The predicted molar refractivity (Wildman–Crippen MR) is 247 cm³/mol. The van der Waals surface area contributed by atoms with E-state index < -0.39 is 22.8 Å². The molecule has 2 saturated heterocycles. The third-order valence-corrected chi connectivity index (χ3v) is 13.6. The van der Waals surface area contributed by atoms with Gasteiger partial charge in [-0.2, -0.15) is 10.4 Å². The SMILES string of the molecule is COc1cc(OCc2cccc(-c3cccc4c3cnn4Cc3cc(OCc4cncc(C#N)c4)c(CN4CCC(C)(C(=O)O)C4)cc3Cl)c2C)c(Cl)cc1CN1CCC(C)(C(=O)O)C1. The average Bonchev–Trinajstić information content (AvgIpc) is 4.01. The second-order valence-electron chi connectivity index (χ2n) is 17.7. The van der Waals surface area contributed by atoms with Crippen molar-refractivity contribution in [3.8, 4) is 34.4 Å². The van der Waals surface area contributed by atoms with Crippen LogP contribution in [-0.2, 0) is 42.4 Å². The number of rotatable bonds is 16. The van der Waals surface area contributed by atoms with Crippen molar-refractivity contribution in [2.45, 2.75) is 66.5 Å². The second-order valence-corrected chi connectivity index (χ2v) is 18.5. The van der Waals surface area contributed by atoms with Crippen LogP contribution in [0.15, 0.2) is 85.3 Å². The van der Waals surface area contributed by atoms with Crippen LogP contribution in [0, 0.1) is 29.1 Å². The molecule has 2 fully saturated rings. The van der Waals surface area contributed by atoms with Crippen LogP contribution in [0.25, 0.3) is 22.0 Å². The zero-order valence-corrected chi connectivity index (χ0v) is 38.2. The molecule has 15 heteroatoms. The fourth-order valence-corrected chi connectivity index (χ4v) is 9.42. The molecule has 2 aliphatic heterocycles. The van der Waals surface area contributed by atoms with E-state index in [2.05, 4.69) is 39.9 Å². The van der Waals surface area contributed by atoms with E-state index in [1.54, 1.807) is 39.3 Å². The summed E-state index contributed by atoms with van der Waals surface area (Å²) in [5, 5.41) is 35.8. The number of nitrogens with zero attached hydrogens (tertiary/aromatic N) is 6. The van der Waals surface area contributed by atoms with Crippen molar-refractivity contribution in [3.05, 3.63) is 134 Å². The van der Waals surface area contributed by atoms with E-state index in [1.807, 2.05) is 53.3 Å². The van der Waals surface area contributed by atoms with E-state index in [-0.39, 0.29) is 13.2 Å². The quantitative estimate of drug-likeness (QED) is 0.0947. The van der Waals surface area contributed by atoms with Gasteiger partial charge in [-0.25, -0.2) is 0 Å².